The van der Waals surface area contributed by atoms with Crippen molar-refractivity contribution in [2.75, 3.05) is 13.1 Å². The molecule has 6 fully saturated rings. The van der Waals surface area contributed by atoms with E-state index in [1.165, 1.54) is 77.3 Å². The van der Waals surface area contributed by atoms with Crippen molar-refractivity contribution in [3.63, 3.8) is 0 Å². The number of rotatable bonds is 1. The van der Waals surface area contributed by atoms with Gasteiger partial charge in [0.25, 0.3) is 0 Å². The summed E-state index contributed by atoms with van der Waals surface area (Å²) in [6, 6.07) is 0.771. The minimum atomic E-state index is -0.431. The predicted octanol–water partition coefficient (Wildman–Crippen LogP) is 6.57. The van der Waals surface area contributed by atoms with Crippen LogP contribution in [0.5, 0.6) is 0 Å². The highest BCUT2D eigenvalue weighted by Gasteiger charge is 2.68. The second kappa shape index (κ2) is 7.56. The van der Waals surface area contributed by atoms with Crippen LogP contribution in [0.3, 0.4) is 0 Å². The first kappa shape index (κ1) is 22.1. The molecule has 0 N–H and O–H groups in total. The van der Waals surface area contributed by atoms with Crippen molar-refractivity contribution >= 4 is 0 Å². The van der Waals surface area contributed by atoms with Gasteiger partial charge in [0.05, 0.1) is 12.2 Å². The van der Waals surface area contributed by atoms with E-state index in [9.17, 15) is 0 Å². The van der Waals surface area contributed by atoms with Crippen LogP contribution < -0.4 is 0 Å². The van der Waals surface area contributed by atoms with Gasteiger partial charge in [0.1, 0.15) is 0 Å². The Bertz CT molecular complexity index is 769. The maximum absolute atomic E-state index is 6.86. The molecule has 32 heavy (non-hydrogen) atoms. The molecule has 0 spiro atoms. The summed E-state index contributed by atoms with van der Waals surface area (Å²) >= 11 is 0. The van der Waals surface area contributed by atoms with E-state index in [2.05, 4.69) is 45.6 Å². The third-order valence-corrected chi connectivity index (χ3v) is 11.6. The Balaban J connectivity index is 1.35. The van der Waals surface area contributed by atoms with E-state index in [0.717, 1.165) is 17.9 Å². The zero-order valence-electron chi connectivity index (χ0n) is 21.4. The van der Waals surface area contributed by atoms with Crippen LogP contribution >= 0.6 is 0 Å². The van der Waals surface area contributed by atoms with Crippen molar-refractivity contribution in [2.45, 2.75) is 123 Å². The molecule has 3 heteroatoms. The third kappa shape index (κ3) is 3.09. The zero-order valence-corrected chi connectivity index (χ0v) is 21.4. The maximum atomic E-state index is 6.86. The number of likely N-dealkylation sites (tertiary alicyclic amines) is 1. The van der Waals surface area contributed by atoms with Gasteiger partial charge in [-0.25, -0.2) is 0 Å². The topological polar surface area (TPSA) is 21.7 Å². The van der Waals surface area contributed by atoms with Gasteiger partial charge >= 0.3 is 0 Å². The zero-order chi connectivity index (χ0) is 22.3. The van der Waals surface area contributed by atoms with Gasteiger partial charge in [-0.3, -0.25) is 0 Å². The van der Waals surface area contributed by atoms with E-state index in [1.807, 2.05) is 0 Å². The molecule has 0 aromatic carbocycles. The molecule has 180 valence electrons. The highest BCUT2D eigenvalue weighted by Crippen LogP contribution is 2.69. The van der Waals surface area contributed by atoms with Crippen LogP contribution in [-0.2, 0) is 9.47 Å². The van der Waals surface area contributed by atoms with Gasteiger partial charge in [0.2, 0.25) is 0 Å². The van der Waals surface area contributed by atoms with Crippen LogP contribution in [0.25, 0.3) is 0 Å². The first-order valence-electron chi connectivity index (χ1n) is 14.0. The molecule has 0 bridgehead atoms. The molecule has 2 aliphatic heterocycles. The van der Waals surface area contributed by atoms with Crippen molar-refractivity contribution in [3.05, 3.63) is 11.6 Å². The van der Waals surface area contributed by atoms with Crippen molar-refractivity contribution in [1.82, 2.24) is 4.90 Å². The standard InChI is InChI=1S/C29H47NO2/c1-6-19-10-11-21-24-22(13-15-28(19,21)4)29(5)14-12-20(30-16-8-7-9-17-30)18-23(29)25-26(24)32-27(2,3)31-25/h6,20-26H,7-18H2,1-5H3/t20?,21?,22?,23?,24?,25-,26-,28-,29-/m1/s1. The fourth-order valence-corrected chi connectivity index (χ4v) is 10.1. The monoisotopic (exact) mass is 441 g/mol. The highest BCUT2D eigenvalue weighted by molar-refractivity contribution is 5.25. The Morgan fingerprint density at radius 2 is 1.59 bits per heavy atom. The summed E-state index contributed by atoms with van der Waals surface area (Å²) in [5.74, 6) is 2.48. The first-order valence-corrected chi connectivity index (χ1v) is 14.0. The molecule has 2 saturated heterocycles. The van der Waals surface area contributed by atoms with Crippen LogP contribution in [-0.4, -0.2) is 42.0 Å². The number of hydrogen-bond acceptors (Lipinski definition) is 3. The minimum absolute atomic E-state index is 0.292. The van der Waals surface area contributed by atoms with Crippen LogP contribution in [0.4, 0.5) is 0 Å². The van der Waals surface area contributed by atoms with Gasteiger partial charge < -0.3 is 14.4 Å². The molecule has 0 amide bonds. The second-order valence-corrected chi connectivity index (χ2v) is 13.3. The molecule has 0 radical (unpaired) electrons. The summed E-state index contributed by atoms with van der Waals surface area (Å²) < 4.78 is 13.7. The lowest BCUT2D eigenvalue weighted by molar-refractivity contribution is -0.179. The highest BCUT2D eigenvalue weighted by atomic mass is 16.8. The first-order chi connectivity index (χ1) is 15.3. The Hall–Kier alpha value is -0.380. The van der Waals surface area contributed by atoms with E-state index >= 15 is 0 Å². The summed E-state index contributed by atoms with van der Waals surface area (Å²) in [5, 5.41) is 0. The van der Waals surface area contributed by atoms with Crippen LogP contribution in [0, 0.1) is 34.5 Å². The summed E-state index contributed by atoms with van der Waals surface area (Å²) in [5.41, 5.74) is 2.55. The van der Waals surface area contributed by atoms with Gasteiger partial charge in [0, 0.05) is 6.04 Å². The maximum Gasteiger partial charge on any atom is 0.163 e. The quantitative estimate of drug-likeness (QED) is 0.430. The lowest BCUT2D eigenvalue weighted by atomic mass is 9.43. The molecule has 3 nitrogen and oxygen atoms in total. The number of allylic oxidation sites excluding steroid dienone is 2. The molecule has 9 atom stereocenters. The van der Waals surface area contributed by atoms with Crippen LogP contribution in [0.2, 0.25) is 0 Å². The number of fused-ring (bicyclic) bond motifs is 8. The van der Waals surface area contributed by atoms with Crippen molar-refractivity contribution in [3.8, 4) is 0 Å². The van der Waals surface area contributed by atoms with Crippen LogP contribution in [0.15, 0.2) is 11.6 Å². The molecular formula is C29H47NO2. The van der Waals surface area contributed by atoms with E-state index in [1.54, 1.807) is 5.57 Å². The lowest BCUT2D eigenvalue weighted by Gasteiger charge is -2.63. The molecule has 0 aromatic rings. The van der Waals surface area contributed by atoms with Gasteiger partial charge in [-0.05, 0) is 126 Å². The molecule has 6 rings (SSSR count). The fourth-order valence-electron chi connectivity index (χ4n) is 10.1. The Labute approximate surface area is 196 Å². The largest absolute Gasteiger partial charge is 0.344 e. The molecule has 6 aliphatic rings. The van der Waals surface area contributed by atoms with Gasteiger partial charge in [-0.2, -0.15) is 0 Å². The number of piperidine rings is 1. The summed E-state index contributed by atoms with van der Waals surface area (Å²) in [6.07, 6.45) is 16.8. The fraction of sp³-hybridized carbons (Fsp3) is 0.931. The Kier molecular flexibility index (Phi) is 5.22. The van der Waals surface area contributed by atoms with Crippen molar-refractivity contribution in [2.24, 2.45) is 34.5 Å². The normalized spacial score (nSPS) is 54.0. The summed E-state index contributed by atoms with van der Waals surface area (Å²) in [7, 11) is 0. The Morgan fingerprint density at radius 1 is 0.844 bits per heavy atom. The number of hydrogen-bond donors (Lipinski definition) is 0. The van der Waals surface area contributed by atoms with Crippen LogP contribution in [0.1, 0.15) is 98.8 Å². The molecule has 5 unspecified atom stereocenters. The average Bonchev–Trinajstić information content (AvgIpc) is 3.29. The molecular weight excluding hydrogens is 394 g/mol. The molecule has 0 aromatic heterocycles. The molecule has 2 heterocycles. The van der Waals surface area contributed by atoms with Crippen molar-refractivity contribution in [1.29, 1.82) is 0 Å². The third-order valence-electron chi connectivity index (χ3n) is 11.6. The van der Waals surface area contributed by atoms with Crippen molar-refractivity contribution < 1.29 is 9.47 Å². The predicted molar refractivity (Wildman–Crippen MR) is 129 cm³/mol. The van der Waals surface area contributed by atoms with Gasteiger partial charge in [0.15, 0.2) is 5.79 Å². The summed E-state index contributed by atoms with van der Waals surface area (Å²) in [6.45, 7) is 14.5. The van der Waals surface area contributed by atoms with E-state index in [-0.39, 0.29) is 0 Å². The molecule has 4 saturated carbocycles. The van der Waals surface area contributed by atoms with E-state index in [0.29, 0.717) is 34.9 Å². The summed E-state index contributed by atoms with van der Waals surface area (Å²) in [4.78, 5) is 2.85. The average molecular weight is 442 g/mol. The SMILES string of the molecule is CC=C1CCC2C3C(CC[C@]12C)[C@@]1(C)CCC(N2CCCCC2)CC1[C@H]1OC(C)(C)O[C@H]31. The Morgan fingerprint density at radius 3 is 2.34 bits per heavy atom. The van der Waals surface area contributed by atoms with E-state index in [4.69, 9.17) is 9.47 Å². The number of ether oxygens (including phenoxy) is 2. The van der Waals surface area contributed by atoms with Gasteiger partial charge in [-0.15, -0.1) is 0 Å². The minimum Gasteiger partial charge on any atom is -0.344 e. The molecule has 4 aliphatic carbocycles. The van der Waals surface area contributed by atoms with E-state index < -0.39 is 5.79 Å². The van der Waals surface area contributed by atoms with Gasteiger partial charge in [-0.1, -0.05) is 31.9 Å². The number of nitrogens with zero attached hydrogens (tertiary/aromatic N) is 1. The lowest BCUT2D eigenvalue weighted by Crippen LogP contribution is -2.64. The second-order valence-electron chi connectivity index (χ2n) is 13.3. The smallest absolute Gasteiger partial charge is 0.163 e.